The van der Waals surface area contributed by atoms with Crippen LogP contribution in [0, 0.1) is 5.92 Å². The molecule has 1 saturated heterocycles. The minimum atomic E-state index is -2.76. The van der Waals surface area contributed by atoms with Gasteiger partial charge in [0.25, 0.3) is 0 Å². The maximum Gasteiger partial charge on any atom is 0.387 e. The van der Waals surface area contributed by atoms with Gasteiger partial charge in [0, 0.05) is 13.1 Å². The summed E-state index contributed by atoms with van der Waals surface area (Å²) in [5.74, 6) is 0.922. The van der Waals surface area contributed by atoms with Crippen LogP contribution in [0.15, 0.2) is 24.3 Å². The molecule has 0 aliphatic carbocycles. The van der Waals surface area contributed by atoms with Gasteiger partial charge in [-0.15, -0.1) is 0 Å². The van der Waals surface area contributed by atoms with E-state index in [1.807, 2.05) is 19.2 Å². The van der Waals surface area contributed by atoms with Gasteiger partial charge in [-0.1, -0.05) is 12.1 Å². The summed E-state index contributed by atoms with van der Waals surface area (Å²) in [4.78, 5) is 2.43. The number of nitrogens with zero attached hydrogens (tertiary/aromatic N) is 1. The fraction of sp³-hybridized carbons (Fsp3) is 0.600. The van der Waals surface area contributed by atoms with Crippen LogP contribution in [-0.2, 0) is 6.54 Å². The molecule has 5 heteroatoms. The molecular weight excluding hydrogens is 262 g/mol. The Hall–Kier alpha value is -1.20. The van der Waals surface area contributed by atoms with E-state index < -0.39 is 6.61 Å². The molecule has 1 aliphatic heterocycles. The van der Waals surface area contributed by atoms with Crippen molar-refractivity contribution in [3.63, 3.8) is 0 Å². The number of nitrogens with one attached hydrogen (secondary N) is 1. The first kappa shape index (κ1) is 15.2. The van der Waals surface area contributed by atoms with E-state index in [1.54, 1.807) is 12.1 Å². The second-order valence-electron chi connectivity index (χ2n) is 5.32. The van der Waals surface area contributed by atoms with Crippen molar-refractivity contribution in [3.8, 4) is 5.75 Å². The molecule has 1 aromatic carbocycles. The van der Waals surface area contributed by atoms with Crippen molar-refractivity contribution >= 4 is 0 Å². The van der Waals surface area contributed by atoms with E-state index in [1.165, 1.54) is 12.8 Å². The van der Waals surface area contributed by atoms with Gasteiger partial charge in [0.2, 0.25) is 0 Å². The monoisotopic (exact) mass is 284 g/mol. The van der Waals surface area contributed by atoms with Gasteiger partial charge in [-0.2, -0.15) is 8.78 Å². The van der Waals surface area contributed by atoms with Crippen LogP contribution in [0.25, 0.3) is 0 Å². The molecule has 1 aromatic rings. The number of halogens is 2. The summed E-state index contributed by atoms with van der Waals surface area (Å²) in [5.41, 5.74) is 1.14. The van der Waals surface area contributed by atoms with E-state index in [2.05, 4.69) is 15.0 Å². The lowest BCUT2D eigenvalue weighted by atomic mass is 9.97. The first-order valence-corrected chi connectivity index (χ1v) is 7.08. The summed E-state index contributed by atoms with van der Waals surface area (Å²) in [6.07, 6.45) is 2.50. The topological polar surface area (TPSA) is 24.5 Å². The Morgan fingerprint density at radius 1 is 1.35 bits per heavy atom. The molecule has 1 fully saturated rings. The zero-order valence-corrected chi connectivity index (χ0v) is 11.8. The Morgan fingerprint density at radius 3 is 2.75 bits per heavy atom. The largest absolute Gasteiger partial charge is 0.435 e. The Morgan fingerprint density at radius 2 is 2.10 bits per heavy atom. The van der Waals surface area contributed by atoms with E-state index in [-0.39, 0.29) is 5.75 Å². The van der Waals surface area contributed by atoms with Crippen LogP contribution < -0.4 is 10.1 Å². The minimum absolute atomic E-state index is 0.218. The predicted molar refractivity (Wildman–Crippen MR) is 75.0 cm³/mol. The first-order chi connectivity index (χ1) is 9.67. The van der Waals surface area contributed by atoms with Gasteiger partial charge in [0.15, 0.2) is 0 Å². The van der Waals surface area contributed by atoms with Crippen LogP contribution in [0.1, 0.15) is 18.4 Å². The number of alkyl halides is 2. The molecule has 0 spiro atoms. The van der Waals surface area contributed by atoms with Crippen LogP contribution in [-0.4, -0.2) is 38.2 Å². The molecule has 112 valence electrons. The second kappa shape index (κ2) is 7.55. The quantitative estimate of drug-likeness (QED) is 0.869. The van der Waals surface area contributed by atoms with Crippen molar-refractivity contribution in [2.45, 2.75) is 26.0 Å². The summed E-state index contributed by atoms with van der Waals surface area (Å²) >= 11 is 0. The van der Waals surface area contributed by atoms with Gasteiger partial charge in [-0.05, 0) is 56.6 Å². The molecule has 0 saturated carbocycles. The second-order valence-corrected chi connectivity index (χ2v) is 5.32. The molecule has 1 aliphatic rings. The molecule has 1 unspecified atom stereocenters. The van der Waals surface area contributed by atoms with E-state index >= 15 is 0 Å². The Balaban J connectivity index is 1.86. The highest BCUT2D eigenvalue weighted by Gasteiger charge is 2.19. The molecule has 1 N–H and O–H groups in total. The van der Waals surface area contributed by atoms with E-state index in [0.717, 1.165) is 31.7 Å². The maximum atomic E-state index is 12.1. The van der Waals surface area contributed by atoms with Crippen molar-refractivity contribution in [3.05, 3.63) is 29.8 Å². The number of hydrogen-bond donors (Lipinski definition) is 1. The number of hydrogen-bond acceptors (Lipinski definition) is 3. The van der Waals surface area contributed by atoms with Gasteiger partial charge in [-0.25, -0.2) is 0 Å². The van der Waals surface area contributed by atoms with Crippen molar-refractivity contribution < 1.29 is 13.5 Å². The minimum Gasteiger partial charge on any atom is -0.435 e. The third-order valence-corrected chi connectivity index (χ3v) is 3.65. The van der Waals surface area contributed by atoms with Crippen LogP contribution in [0.5, 0.6) is 5.75 Å². The molecule has 1 heterocycles. The zero-order chi connectivity index (χ0) is 14.4. The summed E-state index contributed by atoms with van der Waals surface area (Å²) in [6, 6.07) is 6.94. The average Bonchev–Trinajstić information content (AvgIpc) is 2.41. The number of benzene rings is 1. The summed E-state index contributed by atoms with van der Waals surface area (Å²) in [5, 5.41) is 3.23. The highest BCUT2D eigenvalue weighted by Crippen LogP contribution is 2.20. The molecule has 0 amide bonds. The molecule has 0 radical (unpaired) electrons. The van der Waals surface area contributed by atoms with Gasteiger partial charge in [0.05, 0.1) is 0 Å². The summed E-state index contributed by atoms with van der Waals surface area (Å²) in [7, 11) is 1.99. The Kier molecular flexibility index (Phi) is 5.73. The molecule has 20 heavy (non-hydrogen) atoms. The normalized spacial score (nSPS) is 20.3. The number of likely N-dealkylation sites (tertiary alicyclic amines) is 1. The van der Waals surface area contributed by atoms with Gasteiger partial charge >= 0.3 is 6.61 Å². The van der Waals surface area contributed by atoms with Gasteiger partial charge < -0.3 is 10.1 Å². The number of ether oxygens (including phenoxy) is 1. The van der Waals surface area contributed by atoms with Crippen LogP contribution in [0.2, 0.25) is 0 Å². The van der Waals surface area contributed by atoms with Crippen molar-refractivity contribution in [2.75, 3.05) is 26.7 Å². The molecule has 2 rings (SSSR count). The predicted octanol–water partition coefficient (Wildman–Crippen LogP) is 2.72. The Bertz CT molecular complexity index is 395. The summed E-state index contributed by atoms with van der Waals surface area (Å²) in [6.45, 7) is 1.36. The first-order valence-electron chi connectivity index (χ1n) is 7.08. The molecule has 0 bridgehead atoms. The third kappa shape index (κ3) is 4.72. The zero-order valence-electron chi connectivity index (χ0n) is 11.8. The lowest BCUT2D eigenvalue weighted by molar-refractivity contribution is -0.0498. The van der Waals surface area contributed by atoms with Gasteiger partial charge in [0.1, 0.15) is 5.75 Å². The standard InChI is InChI=1S/C15H22F2N2O/c1-18-9-13-3-2-8-19(11-13)10-12-4-6-14(7-5-12)20-15(16)17/h4-7,13,15,18H,2-3,8-11H2,1H3. The Labute approximate surface area is 118 Å². The fourth-order valence-corrected chi connectivity index (χ4v) is 2.78. The molecule has 0 aromatic heterocycles. The van der Waals surface area contributed by atoms with Crippen molar-refractivity contribution in [1.29, 1.82) is 0 Å². The number of piperidine rings is 1. The molecule has 3 nitrogen and oxygen atoms in total. The molecule has 1 atom stereocenters. The molecular formula is C15H22F2N2O. The van der Waals surface area contributed by atoms with Crippen LogP contribution >= 0.6 is 0 Å². The maximum absolute atomic E-state index is 12.1. The van der Waals surface area contributed by atoms with E-state index in [0.29, 0.717) is 5.92 Å². The van der Waals surface area contributed by atoms with Gasteiger partial charge in [-0.3, -0.25) is 4.90 Å². The highest BCUT2D eigenvalue weighted by atomic mass is 19.3. The lowest BCUT2D eigenvalue weighted by Crippen LogP contribution is -2.38. The lowest BCUT2D eigenvalue weighted by Gasteiger charge is -2.32. The average molecular weight is 284 g/mol. The fourth-order valence-electron chi connectivity index (χ4n) is 2.78. The highest BCUT2D eigenvalue weighted by molar-refractivity contribution is 5.27. The third-order valence-electron chi connectivity index (χ3n) is 3.65. The summed E-state index contributed by atoms with van der Waals surface area (Å²) < 4.78 is 28.5. The smallest absolute Gasteiger partial charge is 0.387 e. The van der Waals surface area contributed by atoms with Crippen LogP contribution in [0.3, 0.4) is 0 Å². The van der Waals surface area contributed by atoms with Crippen molar-refractivity contribution in [1.82, 2.24) is 10.2 Å². The SMILES string of the molecule is CNCC1CCCN(Cc2ccc(OC(F)F)cc2)C1. The van der Waals surface area contributed by atoms with Crippen LogP contribution in [0.4, 0.5) is 8.78 Å². The van der Waals surface area contributed by atoms with Crippen molar-refractivity contribution in [2.24, 2.45) is 5.92 Å². The van der Waals surface area contributed by atoms with E-state index in [9.17, 15) is 8.78 Å². The number of rotatable bonds is 6. The van der Waals surface area contributed by atoms with E-state index in [4.69, 9.17) is 0 Å².